The molecule has 3 aliphatic rings. The molecule has 5 rings (SSSR count). The molecule has 1 amide bonds. The van der Waals surface area contributed by atoms with Gasteiger partial charge in [-0.15, -0.1) is 23.7 Å². The van der Waals surface area contributed by atoms with Crippen molar-refractivity contribution in [3.05, 3.63) is 29.1 Å². The lowest BCUT2D eigenvalue weighted by molar-refractivity contribution is -0.118. The van der Waals surface area contributed by atoms with Crippen molar-refractivity contribution >= 4 is 34.8 Å². The summed E-state index contributed by atoms with van der Waals surface area (Å²) in [5.41, 5.74) is 3.50. The average molecular weight is 392 g/mol. The third-order valence-corrected chi connectivity index (χ3v) is 6.58. The summed E-state index contributed by atoms with van der Waals surface area (Å²) >= 11 is 1.50. The maximum Gasteiger partial charge on any atom is 0.229 e. The van der Waals surface area contributed by atoms with Gasteiger partial charge in [-0.1, -0.05) is 0 Å². The van der Waals surface area contributed by atoms with Gasteiger partial charge in [-0.2, -0.15) is 0 Å². The van der Waals surface area contributed by atoms with E-state index in [0.29, 0.717) is 5.13 Å². The van der Waals surface area contributed by atoms with E-state index in [-0.39, 0.29) is 29.6 Å². The summed E-state index contributed by atoms with van der Waals surface area (Å²) in [7, 11) is 0. The molecular formula is C19H22ClN3O2S. The van der Waals surface area contributed by atoms with Crippen LogP contribution in [-0.4, -0.2) is 30.6 Å². The lowest BCUT2D eigenvalue weighted by Gasteiger charge is -2.22. The van der Waals surface area contributed by atoms with Crippen LogP contribution in [0.1, 0.15) is 24.8 Å². The summed E-state index contributed by atoms with van der Waals surface area (Å²) in [6.07, 6.45) is 4.22. The number of ether oxygens (including phenoxy) is 1. The number of anilines is 1. The van der Waals surface area contributed by atoms with Crippen molar-refractivity contribution in [2.24, 2.45) is 11.3 Å². The predicted molar refractivity (Wildman–Crippen MR) is 105 cm³/mol. The zero-order chi connectivity index (χ0) is 16.9. The number of piperidine rings is 1. The van der Waals surface area contributed by atoms with E-state index in [4.69, 9.17) is 4.74 Å². The number of aromatic nitrogens is 1. The molecule has 1 atom stereocenters. The molecule has 1 aromatic heterocycles. The lowest BCUT2D eigenvalue weighted by atomic mass is 9.92. The van der Waals surface area contributed by atoms with Crippen molar-refractivity contribution in [1.82, 2.24) is 10.3 Å². The van der Waals surface area contributed by atoms with Gasteiger partial charge in [0.2, 0.25) is 5.91 Å². The van der Waals surface area contributed by atoms with Crippen LogP contribution < -0.4 is 15.4 Å². The second-order valence-electron chi connectivity index (χ2n) is 7.32. The Hall–Kier alpha value is -1.63. The van der Waals surface area contributed by atoms with E-state index >= 15 is 0 Å². The van der Waals surface area contributed by atoms with Gasteiger partial charge in [0.25, 0.3) is 0 Å². The van der Waals surface area contributed by atoms with Gasteiger partial charge in [0, 0.05) is 23.3 Å². The van der Waals surface area contributed by atoms with Gasteiger partial charge in [-0.05, 0) is 61.5 Å². The monoisotopic (exact) mass is 391 g/mol. The normalized spacial score (nSPS) is 22.2. The molecule has 2 fully saturated rings. The van der Waals surface area contributed by atoms with Crippen molar-refractivity contribution in [3.63, 3.8) is 0 Å². The number of hydrogen-bond donors (Lipinski definition) is 2. The first kappa shape index (κ1) is 17.8. The average Bonchev–Trinajstić information content (AvgIpc) is 3.01. The van der Waals surface area contributed by atoms with Crippen LogP contribution in [-0.2, 0) is 11.2 Å². The molecule has 1 aliphatic carbocycles. The van der Waals surface area contributed by atoms with E-state index < -0.39 is 0 Å². The quantitative estimate of drug-likeness (QED) is 0.840. The molecule has 3 heterocycles. The summed E-state index contributed by atoms with van der Waals surface area (Å²) in [5, 5.41) is 9.13. The number of rotatable bonds is 3. The highest BCUT2D eigenvalue weighted by Crippen LogP contribution is 2.58. The predicted octanol–water partition coefficient (Wildman–Crippen LogP) is 3.50. The fourth-order valence-electron chi connectivity index (χ4n) is 4.20. The van der Waals surface area contributed by atoms with Gasteiger partial charge >= 0.3 is 0 Å². The van der Waals surface area contributed by atoms with Crippen molar-refractivity contribution in [2.75, 3.05) is 25.0 Å². The number of hydrogen-bond acceptors (Lipinski definition) is 5. The summed E-state index contributed by atoms with van der Waals surface area (Å²) in [4.78, 5) is 17.2. The zero-order valence-electron chi connectivity index (χ0n) is 14.4. The maximum atomic E-state index is 12.6. The minimum atomic E-state index is 0. The van der Waals surface area contributed by atoms with Gasteiger partial charge in [0.05, 0.1) is 12.3 Å². The number of benzene rings is 1. The summed E-state index contributed by atoms with van der Waals surface area (Å²) in [6, 6.07) is 6.20. The Morgan fingerprint density at radius 1 is 1.35 bits per heavy atom. The summed E-state index contributed by atoms with van der Waals surface area (Å²) < 4.78 is 5.56. The topological polar surface area (TPSA) is 63.2 Å². The molecule has 0 bridgehead atoms. The van der Waals surface area contributed by atoms with Gasteiger partial charge in [0.1, 0.15) is 5.75 Å². The second kappa shape index (κ2) is 6.83. The van der Waals surface area contributed by atoms with E-state index in [9.17, 15) is 4.79 Å². The van der Waals surface area contributed by atoms with Crippen LogP contribution in [0, 0.1) is 11.3 Å². The smallest absolute Gasteiger partial charge is 0.229 e. The molecule has 1 aromatic carbocycles. The third-order valence-electron chi connectivity index (χ3n) is 5.83. The number of amides is 1. The van der Waals surface area contributed by atoms with Crippen LogP contribution in [0.5, 0.6) is 5.75 Å². The van der Waals surface area contributed by atoms with Gasteiger partial charge in [0.15, 0.2) is 5.13 Å². The highest BCUT2D eigenvalue weighted by atomic mass is 35.5. The second-order valence-corrected chi connectivity index (χ2v) is 8.18. The van der Waals surface area contributed by atoms with Gasteiger partial charge < -0.3 is 15.4 Å². The Bertz CT molecular complexity index is 832. The van der Waals surface area contributed by atoms with Crippen molar-refractivity contribution in [3.8, 4) is 17.0 Å². The van der Waals surface area contributed by atoms with E-state index in [1.807, 2.05) is 17.5 Å². The van der Waals surface area contributed by atoms with Crippen molar-refractivity contribution in [2.45, 2.75) is 25.7 Å². The Balaban J connectivity index is 0.00000168. The van der Waals surface area contributed by atoms with Crippen molar-refractivity contribution in [1.29, 1.82) is 0 Å². The largest absolute Gasteiger partial charge is 0.493 e. The van der Waals surface area contributed by atoms with Crippen LogP contribution in [0.3, 0.4) is 0 Å². The molecule has 26 heavy (non-hydrogen) atoms. The number of carbonyl (C=O) groups excluding carboxylic acids is 1. The van der Waals surface area contributed by atoms with Crippen molar-refractivity contribution < 1.29 is 9.53 Å². The van der Waals surface area contributed by atoms with E-state index in [2.05, 4.69) is 21.7 Å². The third kappa shape index (κ3) is 3.10. The molecule has 2 N–H and O–H groups in total. The molecule has 1 spiro atoms. The molecule has 1 unspecified atom stereocenters. The highest BCUT2D eigenvalue weighted by molar-refractivity contribution is 7.14. The van der Waals surface area contributed by atoms with Gasteiger partial charge in [-0.25, -0.2) is 4.98 Å². The van der Waals surface area contributed by atoms with E-state index in [1.165, 1.54) is 16.9 Å². The first-order chi connectivity index (χ1) is 12.2. The van der Waals surface area contributed by atoms with Crippen LogP contribution in [0.15, 0.2) is 23.6 Å². The minimum Gasteiger partial charge on any atom is -0.493 e. The number of nitrogens with zero attached hydrogens (tertiary/aromatic N) is 1. The van der Waals surface area contributed by atoms with E-state index in [0.717, 1.165) is 62.4 Å². The van der Waals surface area contributed by atoms with Crippen LogP contribution >= 0.6 is 23.7 Å². The van der Waals surface area contributed by atoms with Crippen LogP contribution in [0.25, 0.3) is 11.3 Å². The zero-order valence-corrected chi connectivity index (χ0v) is 16.0. The molecule has 1 saturated carbocycles. The van der Waals surface area contributed by atoms with Crippen LogP contribution in [0.4, 0.5) is 5.13 Å². The number of thiazole rings is 1. The molecule has 138 valence electrons. The molecule has 2 aliphatic heterocycles. The maximum absolute atomic E-state index is 12.6. The summed E-state index contributed by atoms with van der Waals surface area (Å²) in [6.45, 7) is 2.83. The molecule has 5 nitrogen and oxygen atoms in total. The number of nitrogens with one attached hydrogen (secondary N) is 2. The Morgan fingerprint density at radius 2 is 2.19 bits per heavy atom. The molecule has 2 aromatic rings. The van der Waals surface area contributed by atoms with Gasteiger partial charge in [-0.3, -0.25) is 4.79 Å². The Labute approximate surface area is 163 Å². The Morgan fingerprint density at radius 3 is 3.04 bits per heavy atom. The van der Waals surface area contributed by atoms with Crippen LogP contribution in [0.2, 0.25) is 0 Å². The standard InChI is InChI=1S/C19H21N3O2S.ClH/c23-17(14-10-19(14)4-6-20-7-5-19)22-18-21-15(11-25-18)12-1-2-16-13(9-12)3-8-24-16;/h1-2,9,11,14,20H,3-8,10H2,(H,21,22,23);1H. The number of halogens is 1. The first-order valence-electron chi connectivity index (χ1n) is 8.97. The highest BCUT2D eigenvalue weighted by Gasteiger charge is 2.57. The molecular weight excluding hydrogens is 370 g/mol. The molecule has 0 radical (unpaired) electrons. The lowest BCUT2D eigenvalue weighted by Crippen LogP contribution is -2.31. The fourth-order valence-corrected chi connectivity index (χ4v) is 4.92. The first-order valence-corrected chi connectivity index (χ1v) is 9.85. The Kier molecular flexibility index (Phi) is 4.67. The SMILES string of the molecule is Cl.O=C(Nc1nc(-c2ccc3c(c2)CCO3)cs1)C1CC12CCNCC2. The number of fused-ring (bicyclic) bond motifs is 1. The molecule has 7 heteroatoms. The minimum absolute atomic E-state index is 0. The summed E-state index contributed by atoms with van der Waals surface area (Å²) in [5.74, 6) is 1.29. The molecule has 1 saturated heterocycles. The fraction of sp³-hybridized carbons (Fsp3) is 0.474. The number of carbonyl (C=O) groups is 1. The van der Waals surface area contributed by atoms with E-state index in [1.54, 1.807) is 0 Å².